The SMILES string of the molecule is CC(C)(C)OC(=O)N[C@H](COc1ncc(Cc2ccc(F)cc2)cc1Br)C1CCCCC1. The van der Waals surface area contributed by atoms with Crippen molar-refractivity contribution in [2.24, 2.45) is 5.92 Å². The van der Waals surface area contributed by atoms with Crippen LogP contribution in [0.3, 0.4) is 0 Å². The van der Waals surface area contributed by atoms with E-state index in [2.05, 4.69) is 26.2 Å². The molecule has 2 aromatic rings. The molecule has 0 spiro atoms. The lowest BCUT2D eigenvalue weighted by atomic mass is 9.84. The van der Waals surface area contributed by atoms with Gasteiger partial charge in [-0.05, 0) is 91.2 Å². The van der Waals surface area contributed by atoms with Crippen LogP contribution in [0.2, 0.25) is 0 Å². The molecule has 174 valence electrons. The van der Waals surface area contributed by atoms with Crippen LogP contribution in [0.5, 0.6) is 5.88 Å². The van der Waals surface area contributed by atoms with Crippen molar-refractivity contribution >= 4 is 22.0 Å². The average molecular weight is 507 g/mol. The van der Waals surface area contributed by atoms with E-state index < -0.39 is 11.7 Å². The second-order valence-electron chi connectivity index (χ2n) is 9.40. The zero-order valence-corrected chi connectivity index (χ0v) is 20.6. The van der Waals surface area contributed by atoms with Crippen molar-refractivity contribution in [1.29, 1.82) is 0 Å². The molecule has 0 unspecified atom stereocenters. The monoisotopic (exact) mass is 506 g/mol. The Balaban J connectivity index is 1.63. The number of carbonyl (C=O) groups excluding carboxylic acids is 1. The van der Waals surface area contributed by atoms with Gasteiger partial charge in [-0.25, -0.2) is 14.2 Å². The minimum absolute atomic E-state index is 0.141. The Hall–Kier alpha value is -2.15. The molecule has 0 bridgehead atoms. The second kappa shape index (κ2) is 11.1. The molecule has 3 rings (SSSR count). The van der Waals surface area contributed by atoms with Gasteiger partial charge in [0.05, 0.1) is 10.5 Å². The van der Waals surface area contributed by atoms with Crippen molar-refractivity contribution in [3.05, 3.63) is 57.9 Å². The van der Waals surface area contributed by atoms with E-state index in [1.54, 1.807) is 18.3 Å². The summed E-state index contributed by atoms with van der Waals surface area (Å²) in [5.74, 6) is 0.594. The average Bonchev–Trinajstić information content (AvgIpc) is 2.73. The first-order valence-electron chi connectivity index (χ1n) is 11.2. The molecule has 32 heavy (non-hydrogen) atoms. The van der Waals surface area contributed by atoms with Crippen LogP contribution in [0.25, 0.3) is 0 Å². The van der Waals surface area contributed by atoms with Crippen LogP contribution in [0.4, 0.5) is 9.18 Å². The quantitative estimate of drug-likeness (QED) is 0.470. The lowest BCUT2D eigenvalue weighted by molar-refractivity contribution is 0.0447. The fourth-order valence-corrected chi connectivity index (χ4v) is 4.48. The molecule has 1 aliphatic carbocycles. The number of nitrogens with one attached hydrogen (secondary N) is 1. The van der Waals surface area contributed by atoms with Gasteiger partial charge in [-0.2, -0.15) is 0 Å². The number of benzene rings is 1. The number of aromatic nitrogens is 1. The smallest absolute Gasteiger partial charge is 0.408 e. The van der Waals surface area contributed by atoms with Gasteiger partial charge < -0.3 is 14.8 Å². The molecule has 5 nitrogen and oxygen atoms in total. The van der Waals surface area contributed by atoms with E-state index >= 15 is 0 Å². The van der Waals surface area contributed by atoms with Gasteiger partial charge in [-0.15, -0.1) is 0 Å². The van der Waals surface area contributed by atoms with Crippen LogP contribution in [0, 0.1) is 11.7 Å². The van der Waals surface area contributed by atoms with E-state index in [0.717, 1.165) is 41.3 Å². The van der Waals surface area contributed by atoms with Crippen LogP contribution in [-0.4, -0.2) is 29.3 Å². The molecule has 1 fully saturated rings. The van der Waals surface area contributed by atoms with E-state index in [1.807, 2.05) is 26.8 Å². The third-order valence-corrected chi connectivity index (χ3v) is 6.07. The molecule has 0 radical (unpaired) electrons. The Labute approximate surface area is 198 Å². The Kier molecular flexibility index (Phi) is 8.51. The maximum Gasteiger partial charge on any atom is 0.408 e. The largest absolute Gasteiger partial charge is 0.475 e. The van der Waals surface area contributed by atoms with Gasteiger partial charge >= 0.3 is 6.09 Å². The summed E-state index contributed by atoms with van der Waals surface area (Å²) in [4.78, 5) is 16.9. The summed E-state index contributed by atoms with van der Waals surface area (Å²) >= 11 is 3.55. The normalized spacial score (nSPS) is 15.8. The predicted molar refractivity (Wildman–Crippen MR) is 126 cm³/mol. The Morgan fingerprint density at radius 3 is 2.50 bits per heavy atom. The maximum absolute atomic E-state index is 13.1. The van der Waals surface area contributed by atoms with E-state index in [0.29, 0.717) is 24.8 Å². The predicted octanol–water partition coefficient (Wildman–Crippen LogP) is 6.43. The number of hydrogen-bond acceptors (Lipinski definition) is 4. The highest BCUT2D eigenvalue weighted by Gasteiger charge is 2.28. The number of amides is 1. The molecular formula is C25H32BrFN2O3. The maximum atomic E-state index is 13.1. The summed E-state index contributed by atoms with van der Waals surface area (Å²) in [6, 6.07) is 8.27. The lowest BCUT2D eigenvalue weighted by Gasteiger charge is -2.31. The molecule has 1 atom stereocenters. The lowest BCUT2D eigenvalue weighted by Crippen LogP contribution is -2.46. The van der Waals surface area contributed by atoms with Crippen molar-refractivity contribution < 1.29 is 18.7 Å². The first kappa shape index (κ1) is 24.5. The van der Waals surface area contributed by atoms with Gasteiger partial charge in [0.15, 0.2) is 0 Å². The van der Waals surface area contributed by atoms with E-state index in [4.69, 9.17) is 9.47 Å². The fraction of sp³-hybridized carbons (Fsp3) is 0.520. The molecular weight excluding hydrogens is 475 g/mol. The van der Waals surface area contributed by atoms with Crippen molar-refractivity contribution in [3.63, 3.8) is 0 Å². The molecule has 1 heterocycles. The van der Waals surface area contributed by atoms with Crippen LogP contribution in [0.1, 0.15) is 64.0 Å². The Bertz CT molecular complexity index is 893. The number of alkyl carbamates (subject to hydrolysis) is 1. The standard InChI is InChI=1S/C25H32BrFN2O3/c1-25(2,3)32-24(30)29-22(19-7-5-4-6-8-19)16-31-23-21(26)14-18(15-28-23)13-17-9-11-20(27)12-10-17/h9-12,14-15,19,22H,4-8,13,16H2,1-3H3,(H,29,30)/t22-/m1/s1. The van der Waals surface area contributed by atoms with Crippen molar-refractivity contribution in [1.82, 2.24) is 10.3 Å². The zero-order valence-electron chi connectivity index (χ0n) is 19.0. The number of nitrogens with zero attached hydrogens (tertiary/aromatic N) is 1. The number of pyridine rings is 1. The van der Waals surface area contributed by atoms with Crippen molar-refractivity contribution in [2.45, 2.75) is 70.9 Å². The van der Waals surface area contributed by atoms with Crippen molar-refractivity contribution in [2.75, 3.05) is 6.61 Å². The second-order valence-corrected chi connectivity index (χ2v) is 10.2. The van der Waals surface area contributed by atoms with Crippen LogP contribution in [-0.2, 0) is 11.2 Å². The topological polar surface area (TPSA) is 60.5 Å². The Morgan fingerprint density at radius 1 is 1.19 bits per heavy atom. The van der Waals surface area contributed by atoms with Gasteiger partial charge in [0.2, 0.25) is 5.88 Å². The highest BCUT2D eigenvalue weighted by molar-refractivity contribution is 9.10. The van der Waals surface area contributed by atoms with Crippen LogP contribution in [0.15, 0.2) is 41.0 Å². The minimum Gasteiger partial charge on any atom is -0.475 e. The first-order chi connectivity index (χ1) is 15.2. The summed E-state index contributed by atoms with van der Waals surface area (Å²) in [5, 5.41) is 3.02. The summed E-state index contributed by atoms with van der Waals surface area (Å²) in [6.07, 6.45) is 7.69. The van der Waals surface area contributed by atoms with E-state index in [-0.39, 0.29) is 11.9 Å². The van der Waals surface area contributed by atoms with Crippen LogP contribution < -0.4 is 10.1 Å². The Morgan fingerprint density at radius 2 is 1.88 bits per heavy atom. The third kappa shape index (κ3) is 7.76. The zero-order chi connectivity index (χ0) is 23.1. The third-order valence-electron chi connectivity index (χ3n) is 5.51. The minimum atomic E-state index is -0.549. The molecule has 7 heteroatoms. The number of ether oxygens (including phenoxy) is 2. The van der Waals surface area contributed by atoms with Gasteiger partial charge in [0, 0.05) is 6.20 Å². The molecule has 0 aliphatic heterocycles. The molecule has 1 amide bonds. The van der Waals surface area contributed by atoms with E-state index in [9.17, 15) is 9.18 Å². The fourth-order valence-electron chi connectivity index (χ4n) is 3.97. The van der Waals surface area contributed by atoms with E-state index in [1.165, 1.54) is 18.6 Å². The van der Waals surface area contributed by atoms with Crippen molar-refractivity contribution in [3.8, 4) is 5.88 Å². The molecule has 1 N–H and O–H groups in total. The van der Waals surface area contributed by atoms with Gasteiger partial charge in [0.25, 0.3) is 0 Å². The number of halogens is 2. The highest BCUT2D eigenvalue weighted by Crippen LogP contribution is 2.29. The number of carbonyl (C=O) groups is 1. The molecule has 1 saturated carbocycles. The first-order valence-corrected chi connectivity index (χ1v) is 12.0. The number of rotatable bonds is 7. The summed E-state index contributed by atoms with van der Waals surface area (Å²) in [6.45, 7) is 5.89. The molecule has 1 aromatic carbocycles. The summed E-state index contributed by atoms with van der Waals surface area (Å²) in [5.41, 5.74) is 1.45. The molecule has 1 aromatic heterocycles. The van der Waals surface area contributed by atoms with Gasteiger partial charge in [0.1, 0.15) is 18.0 Å². The summed E-state index contributed by atoms with van der Waals surface area (Å²) in [7, 11) is 0. The molecule has 1 aliphatic rings. The number of hydrogen-bond donors (Lipinski definition) is 1. The highest BCUT2D eigenvalue weighted by atomic mass is 79.9. The van der Waals surface area contributed by atoms with Crippen LogP contribution >= 0.6 is 15.9 Å². The van der Waals surface area contributed by atoms with Gasteiger partial charge in [-0.3, -0.25) is 0 Å². The molecule has 0 saturated heterocycles. The summed E-state index contributed by atoms with van der Waals surface area (Å²) < 4.78 is 25.4. The van der Waals surface area contributed by atoms with Gasteiger partial charge in [-0.1, -0.05) is 31.4 Å².